The molecule has 0 unspecified atom stereocenters. The van der Waals surface area contributed by atoms with E-state index < -0.39 is 0 Å². The number of rotatable bonds is 7. The van der Waals surface area contributed by atoms with E-state index in [4.69, 9.17) is 18.8 Å². The zero-order chi connectivity index (χ0) is 18.6. The standard InChI is InChI=1S/C21H27BO4/c1-20(2)21(3,4)26-22(25-20)18-10-12-19(13-11-18)24-15-14-23-16-17-8-6-5-7-9-17/h5-13H,14-16H2,1-4H3. The zero-order valence-electron chi connectivity index (χ0n) is 16.0. The maximum Gasteiger partial charge on any atom is 0.494 e. The van der Waals surface area contributed by atoms with E-state index in [-0.39, 0.29) is 18.3 Å². The maximum absolute atomic E-state index is 6.06. The van der Waals surface area contributed by atoms with Crippen LogP contribution in [0.15, 0.2) is 54.6 Å². The van der Waals surface area contributed by atoms with Gasteiger partial charge in [0.1, 0.15) is 12.4 Å². The van der Waals surface area contributed by atoms with E-state index in [1.165, 1.54) is 5.56 Å². The van der Waals surface area contributed by atoms with E-state index in [1.807, 2.05) is 42.5 Å². The van der Waals surface area contributed by atoms with Crippen LogP contribution < -0.4 is 10.2 Å². The predicted molar refractivity (Wildman–Crippen MR) is 104 cm³/mol. The third-order valence-electron chi connectivity index (χ3n) is 5.01. The second-order valence-electron chi connectivity index (χ2n) is 7.54. The van der Waals surface area contributed by atoms with Crippen molar-refractivity contribution in [3.05, 3.63) is 60.2 Å². The Hall–Kier alpha value is -1.82. The first-order valence-electron chi connectivity index (χ1n) is 9.07. The maximum atomic E-state index is 6.06. The van der Waals surface area contributed by atoms with Crippen molar-refractivity contribution in [1.82, 2.24) is 0 Å². The SMILES string of the molecule is CC1(C)OB(c2ccc(OCCOCc3ccccc3)cc2)OC1(C)C. The molecule has 2 aromatic rings. The first-order valence-corrected chi connectivity index (χ1v) is 9.07. The van der Waals surface area contributed by atoms with Gasteiger partial charge in [0.15, 0.2) is 0 Å². The molecule has 0 aromatic heterocycles. The first-order chi connectivity index (χ1) is 12.4. The van der Waals surface area contributed by atoms with Gasteiger partial charge in [-0.1, -0.05) is 42.5 Å². The Balaban J connectivity index is 1.44. The lowest BCUT2D eigenvalue weighted by atomic mass is 9.79. The topological polar surface area (TPSA) is 36.9 Å². The highest BCUT2D eigenvalue weighted by molar-refractivity contribution is 6.62. The fourth-order valence-corrected chi connectivity index (χ4v) is 2.68. The summed E-state index contributed by atoms with van der Waals surface area (Å²) in [5, 5.41) is 0. The average molecular weight is 354 g/mol. The lowest BCUT2D eigenvalue weighted by molar-refractivity contribution is 0.00578. The normalized spacial score (nSPS) is 18.1. The fourth-order valence-electron chi connectivity index (χ4n) is 2.68. The summed E-state index contributed by atoms with van der Waals surface area (Å²) in [6, 6.07) is 18.0. The Morgan fingerprint density at radius 2 is 1.42 bits per heavy atom. The molecular weight excluding hydrogens is 327 g/mol. The summed E-state index contributed by atoms with van der Waals surface area (Å²) in [5.74, 6) is 0.813. The molecule has 3 rings (SSSR count). The van der Waals surface area contributed by atoms with Gasteiger partial charge in [-0.25, -0.2) is 0 Å². The molecule has 4 nitrogen and oxygen atoms in total. The van der Waals surface area contributed by atoms with E-state index in [0.29, 0.717) is 19.8 Å². The van der Waals surface area contributed by atoms with Crippen molar-refractivity contribution in [2.75, 3.05) is 13.2 Å². The molecule has 0 spiro atoms. The van der Waals surface area contributed by atoms with Gasteiger partial charge in [0.05, 0.1) is 24.4 Å². The van der Waals surface area contributed by atoms with Crippen molar-refractivity contribution >= 4 is 12.6 Å². The van der Waals surface area contributed by atoms with Crippen LogP contribution in [-0.2, 0) is 20.7 Å². The minimum atomic E-state index is -0.344. The minimum Gasteiger partial charge on any atom is -0.491 e. The molecule has 0 radical (unpaired) electrons. The number of benzene rings is 2. The van der Waals surface area contributed by atoms with E-state index in [2.05, 4.69) is 39.8 Å². The monoisotopic (exact) mass is 354 g/mol. The highest BCUT2D eigenvalue weighted by atomic mass is 16.7. The molecule has 5 heteroatoms. The third kappa shape index (κ3) is 4.47. The number of ether oxygens (including phenoxy) is 2. The molecule has 1 heterocycles. The van der Waals surface area contributed by atoms with E-state index in [1.54, 1.807) is 0 Å². The van der Waals surface area contributed by atoms with Gasteiger partial charge in [-0.3, -0.25) is 0 Å². The third-order valence-corrected chi connectivity index (χ3v) is 5.01. The van der Waals surface area contributed by atoms with E-state index in [9.17, 15) is 0 Å². The molecule has 2 aromatic carbocycles. The van der Waals surface area contributed by atoms with Gasteiger partial charge < -0.3 is 18.8 Å². The fraction of sp³-hybridized carbons (Fsp3) is 0.429. The summed E-state index contributed by atoms with van der Waals surface area (Å²) in [5.41, 5.74) is 1.50. The molecule has 26 heavy (non-hydrogen) atoms. The molecule has 138 valence electrons. The minimum absolute atomic E-state index is 0.330. The van der Waals surface area contributed by atoms with Gasteiger partial charge in [-0.2, -0.15) is 0 Å². The van der Waals surface area contributed by atoms with Gasteiger partial charge in [-0.05, 0) is 50.9 Å². The van der Waals surface area contributed by atoms with Crippen LogP contribution in [0.1, 0.15) is 33.3 Å². The molecule has 0 amide bonds. The van der Waals surface area contributed by atoms with Crippen LogP contribution in [0.25, 0.3) is 0 Å². The quantitative estimate of drug-likeness (QED) is 0.563. The van der Waals surface area contributed by atoms with Gasteiger partial charge in [0.25, 0.3) is 0 Å². The van der Waals surface area contributed by atoms with E-state index >= 15 is 0 Å². The molecule has 1 fully saturated rings. The van der Waals surface area contributed by atoms with Crippen LogP contribution in [-0.4, -0.2) is 31.5 Å². The molecular formula is C21H27BO4. The summed E-state index contributed by atoms with van der Waals surface area (Å²) < 4.78 is 23.5. The van der Waals surface area contributed by atoms with Crippen molar-refractivity contribution in [2.45, 2.75) is 45.5 Å². The van der Waals surface area contributed by atoms with Crippen LogP contribution >= 0.6 is 0 Å². The second kappa shape index (κ2) is 7.83. The van der Waals surface area contributed by atoms with Crippen LogP contribution in [0, 0.1) is 0 Å². The van der Waals surface area contributed by atoms with Crippen molar-refractivity contribution in [2.24, 2.45) is 0 Å². The summed E-state index contributed by atoms with van der Waals surface area (Å²) in [6.45, 7) is 9.89. The molecule has 0 aliphatic carbocycles. The van der Waals surface area contributed by atoms with Crippen molar-refractivity contribution in [3.8, 4) is 5.75 Å². The smallest absolute Gasteiger partial charge is 0.491 e. The molecule has 0 N–H and O–H groups in total. The van der Waals surface area contributed by atoms with E-state index in [0.717, 1.165) is 11.2 Å². The van der Waals surface area contributed by atoms with Crippen LogP contribution in [0.4, 0.5) is 0 Å². The Morgan fingerprint density at radius 3 is 2.04 bits per heavy atom. The Labute approximate surface area is 156 Å². The van der Waals surface area contributed by atoms with Crippen LogP contribution in [0.2, 0.25) is 0 Å². The first kappa shape index (κ1) is 19.0. The second-order valence-corrected chi connectivity index (χ2v) is 7.54. The van der Waals surface area contributed by atoms with Gasteiger partial charge in [0.2, 0.25) is 0 Å². The van der Waals surface area contributed by atoms with Gasteiger partial charge in [-0.15, -0.1) is 0 Å². The summed E-state index contributed by atoms with van der Waals surface area (Å²) in [6.07, 6.45) is 0. The molecule has 0 bridgehead atoms. The molecule has 1 saturated heterocycles. The molecule has 0 saturated carbocycles. The van der Waals surface area contributed by atoms with Crippen LogP contribution in [0.5, 0.6) is 5.75 Å². The van der Waals surface area contributed by atoms with Crippen molar-refractivity contribution < 1.29 is 18.8 Å². The van der Waals surface area contributed by atoms with Crippen molar-refractivity contribution in [3.63, 3.8) is 0 Å². The number of hydrogen-bond acceptors (Lipinski definition) is 4. The van der Waals surface area contributed by atoms with Gasteiger partial charge >= 0.3 is 7.12 Å². The van der Waals surface area contributed by atoms with Gasteiger partial charge in [0, 0.05) is 0 Å². The lowest BCUT2D eigenvalue weighted by Gasteiger charge is -2.32. The number of hydrogen-bond donors (Lipinski definition) is 0. The summed E-state index contributed by atoms with van der Waals surface area (Å²) in [7, 11) is -0.344. The Kier molecular flexibility index (Phi) is 5.71. The Morgan fingerprint density at radius 1 is 0.808 bits per heavy atom. The average Bonchev–Trinajstić information content (AvgIpc) is 2.84. The Bertz CT molecular complexity index is 682. The largest absolute Gasteiger partial charge is 0.494 e. The highest BCUT2D eigenvalue weighted by Crippen LogP contribution is 2.36. The molecule has 1 aliphatic heterocycles. The van der Waals surface area contributed by atoms with Crippen molar-refractivity contribution in [1.29, 1.82) is 0 Å². The van der Waals surface area contributed by atoms with Crippen LogP contribution in [0.3, 0.4) is 0 Å². The lowest BCUT2D eigenvalue weighted by Crippen LogP contribution is -2.41. The molecule has 0 atom stereocenters. The summed E-state index contributed by atoms with van der Waals surface area (Å²) in [4.78, 5) is 0. The predicted octanol–water partition coefficient (Wildman–Crippen LogP) is 3.58. The molecule has 1 aliphatic rings. The zero-order valence-corrected chi connectivity index (χ0v) is 16.0. The summed E-state index contributed by atoms with van der Waals surface area (Å²) >= 11 is 0. The highest BCUT2D eigenvalue weighted by Gasteiger charge is 2.51.